The summed E-state index contributed by atoms with van der Waals surface area (Å²) in [6.07, 6.45) is 7.92. The first-order chi connectivity index (χ1) is 6.95. The largest absolute Gasteiger partial charge is 0.263 e. The molecule has 65 valence electrons. The summed E-state index contributed by atoms with van der Waals surface area (Å²) < 4.78 is 0. The molecule has 0 unspecified atom stereocenters. The van der Waals surface area contributed by atoms with Crippen molar-refractivity contribution in [1.82, 2.24) is 9.97 Å². The van der Waals surface area contributed by atoms with Gasteiger partial charge < -0.3 is 0 Å². The summed E-state index contributed by atoms with van der Waals surface area (Å²) in [7, 11) is 0. The molecule has 0 aliphatic carbocycles. The van der Waals surface area contributed by atoms with Crippen molar-refractivity contribution in [2.75, 3.05) is 0 Å². The van der Waals surface area contributed by atoms with Gasteiger partial charge in [0.1, 0.15) is 6.20 Å². The number of rotatable bonds is 0. The Labute approximate surface area is 82.7 Å². The first-order valence-corrected chi connectivity index (χ1v) is 4.20. The molecule has 0 atom stereocenters. The molecule has 2 aromatic heterocycles. The average Bonchev–Trinajstić information content (AvgIpc) is 2.29. The maximum absolute atomic E-state index is 3.97. The van der Waals surface area contributed by atoms with E-state index >= 15 is 0 Å². The summed E-state index contributed by atoms with van der Waals surface area (Å²) in [6, 6.07) is 7.48. The summed E-state index contributed by atoms with van der Waals surface area (Å²) in [4.78, 5) is 7.82. The molecular weight excluding hydrogens is 172 g/mol. The molecule has 0 saturated carbocycles. The molecule has 0 bridgehead atoms. The Morgan fingerprint density at radius 3 is 2.71 bits per heavy atom. The van der Waals surface area contributed by atoms with Crippen molar-refractivity contribution in [3.05, 3.63) is 60.2 Å². The van der Waals surface area contributed by atoms with Gasteiger partial charge in [0.15, 0.2) is 0 Å². The maximum Gasteiger partial charge on any atom is 0.105 e. The van der Waals surface area contributed by atoms with Crippen LogP contribution >= 0.6 is 0 Å². The lowest BCUT2D eigenvalue weighted by Crippen LogP contribution is -1.78. The van der Waals surface area contributed by atoms with Crippen LogP contribution < -0.4 is 0 Å². The molecule has 0 amide bonds. The Kier molecular flexibility index (Phi) is 2.54. The van der Waals surface area contributed by atoms with E-state index in [0.717, 1.165) is 11.1 Å². The van der Waals surface area contributed by atoms with Crippen molar-refractivity contribution in [3.63, 3.8) is 0 Å². The quantitative estimate of drug-likeness (QED) is 0.575. The van der Waals surface area contributed by atoms with Crippen LogP contribution in [0.1, 0.15) is 11.1 Å². The molecule has 0 N–H and O–H groups in total. The zero-order valence-electron chi connectivity index (χ0n) is 7.44. The highest BCUT2D eigenvalue weighted by atomic mass is 14.6. The van der Waals surface area contributed by atoms with Crippen molar-refractivity contribution >= 4 is 0 Å². The molecule has 2 rings (SSSR count). The van der Waals surface area contributed by atoms with Gasteiger partial charge in [0.05, 0.1) is 5.56 Å². The van der Waals surface area contributed by atoms with Gasteiger partial charge in [-0.15, -0.1) is 0 Å². The topological polar surface area (TPSA) is 25.8 Å². The van der Waals surface area contributed by atoms with E-state index in [4.69, 9.17) is 0 Å². The zero-order chi connectivity index (χ0) is 9.64. The second kappa shape index (κ2) is 4.20. The summed E-state index contributed by atoms with van der Waals surface area (Å²) in [5.74, 6) is 5.93. The highest BCUT2D eigenvalue weighted by Crippen LogP contribution is 1.95. The minimum absolute atomic E-state index is 0.788. The van der Waals surface area contributed by atoms with Gasteiger partial charge >= 0.3 is 0 Å². The number of hydrogen-bond donors (Lipinski definition) is 0. The van der Waals surface area contributed by atoms with E-state index in [1.165, 1.54) is 0 Å². The van der Waals surface area contributed by atoms with Gasteiger partial charge in [0.25, 0.3) is 0 Å². The first kappa shape index (κ1) is 8.46. The SMILES string of the molecule is C(#Cc1cccnc1)c1[c]nccc1. The van der Waals surface area contributed by atoms with Gasteiger partial charge in [-0.2, -0.15) is 0 Å². The van der Waals surface area contributed by atoms with Gasteiger partial charge in [0.2, 0.25) is 0 Å². The van der Waals surface area contributed by atoms with Gasteiger partial charge in [-0.3, -0.25) is 9.97 Å². The molecule has 0 aromatic carbocycles. The number of hydrogen-bond acceptors (Lipinski definition) is 2. The lowest BCUT2D eigenvalue weighted by atomic mass is 10.2. The summed E-state index contributed by atoms with van der Waals surface area (Å²) >= 11 is 0. The monoisotopic (exact) mass is 179 g/mol. The molecule has 1 radical (unpaired) electrons. The van der Waals surface area contributed by atoms with Crippen LogP contribution in [-0.2, 0) is 0 Å². The smallest absolute Gasteiger partial charge is 0.105 e. The fourth-order valence-corrected chi connectivity index (χ4v) is 0.972. The highest BCUT2D eigenvalue weighted by molar-refractivity contribution is 5.39. The van der Waals surface area contributed by atoms with Crippen LogP contribution in [0.5, 0.6) is 0 Å². The van der Waals surface area contributed by atoms with Crippen molar-refractivity contribution in [3.8, 4) is 11.8 Å². The molecule has 14 heavy (non-hydrogen) atoms. The van der Waals surface area contributed by atoms with Crippen LogP contribution in [0.25, 0.3) is 0 Å². The summed E-state index contributed by atoms with van der Waals surface area (Å²) in [6.45, 7) is 0. The maximum atomic E-state index is 3.97. The van der Waals surface area contributed by atoms with Crippen LogP contribution in [0.3, 0.4) is 0 Å². The normalized spacial score (nSPS) is 8.86. The predicted molar refractivity (Wildman–Crippen MR) is 53.3 cm³/mol. The van der Waals surface area contributed by atoms with E-state index in [1.54, 1.807) is 18.6 Å². The predicted octanol–water partition coefficient (Wildman–Crippen LogP) is 1.68. The lowest BCUT2D eigenvalue weighted by molar-refractivity contribution is 1.29. The van der Waals surface area contributed by atoms with E-state index in [-0.39, 0.29) is 0 Å². The molecule has 0 saturated heterocycles. The zero-order valence-corrected chi connectivity index (χ0v) is 7.44. The van der Waals surface area contributed by atoms with E-state index in [9.17, 15) is 0 Å². The Morgan fingerprint density at radius 1 is 1.07 bits per heavy atom. The van der Waals surface area contributed by atoms with E-state index in [1.807, 2.05) is 24.3 Å². The first-order valence-electron chi connectivity index (χ1n) is 4.20. The standard InChI is InChI=1S/C12H7N2/c1-3-11(9-13-7-1)5-6-12-4-2-8-14-10-12/h1-4,7-9H. The second-order valence-corrected chi connectivity index (χ2v) is 2.65. The molecular formula is C12H7N2. The highest BCUT2D eigenvalue weighted by Gasteiger charge is 1.85. The summed E-state index contributed by atoms with van der Waals surface area (Å²) in [5.41, 5.74) is 1.68. The molecule has 0 fully saturated rings. The number of pyridine rings is 2. The van der Waals surface area contributed by atoms with Crippen LogP contribution in [-0.4, -0.2) is 9.97 Å². The Balaban J connectivity index is 2.24. The third-order valence-electron chi connectivity index (χ3n) is 1.61. The fourth-order valence-electron chi connectivity index (χ4n) is 0.972. The third-order valence-corrected chi connectivity index (χ3v) is 1.61. The van der Waals surface area contributed by atoms with Crippen molar-refractivity contribution in [2.24, 2.45) is 0 Å². The van der Waals surface area contributed by atoms with Crippen molar-refractivity contribution in [1.29, 1.82) is 0 Å². The lowest BCUT2D eigenvalue weighted by Gasteiger charge is -1.86. The van der Waals surface area contributed by atoms with Crippen LogP contribution in [0.4, 0.5) is 0 Å². The Hall–Kier alpha value is -2.14. The average molecular weight is 179 g/mol. The Bertz CT molecular complexity index is 408. The number of nitrogens with zero attached hydrogens (tertiary/aromatic N) is 2. The van der Waals surface area contributed by atoms with Gasteiger partial charge in [-0.05, 0) is 24.3 Å². The molecule has 0 aliphatic rings. The second-order valence-electron chi connectivity index (χ2n) is 2.65. The summed E-state index contributed by atoms with van der Waals surface area (Å²) in [5, 5.41) is 0. The van der Waals surface area contributed by atoms with Gasteiger partial charge in [-0.1, -0.05) is 11.8 Å². The Morgan fingerprint density at radius 2 is 2.00 bits per heavy atom. The van der Waals surface area contributed by atoms with Crippen molar-refractivity contribution in [2.45, 2.75) is 0 Å². The van der Waals surface area contributed by atoms with Gasteiger partial charge in [-0.25, -0.2) is 0 Å². The molecule has 0 aliphatic heterocycles. The van der Waals surface area contributed by atoms with Gasteiger partial charge in [0, 0.05) is 24.2 Å². The van der Waals surface area contributed by atoms with Crippen molar-refractivity contribution < 1.29 is 0 Å². The fraction of sp³-hybridized carbons (Fsp3) is 0. The van der Waals surface area contributed by atoms with Crippen LogP contribution in [0.15, 0.2) is 42.9 Å². The van der Waals surface area contributed by atoms with E-state index in [2.05, 4.69) is 28.0 Å². The minimum atomic E-state index is 0.788. The molecule has 2 heterocycles. The minimum Gasteiger partial charge on any atom is -0.263 e. The van der Waals surface area contributed by atoms with Crippen LogP contribution in [0.2, 0.25) is 0 Å². The molecule has 0 spiro atoms. The molecule has 2 aromatic rings. The molecule has 2 nitrogen and oxygen atoms in total. The van der Waals surface area contributed by atoms with Crippen LogP contribution in [0, 0.1) is 18.0 Å². The van der Waals surface area contributed by atoms with E-state index < -0.39 is 0 Å². The van der Waals surface area contributed by atoms with E-state index in [0.29, 0.717) is 0 Å². The molecule has 2 heteroatoms. The third kappa shape index (κ3) is 2.18. The number of aromatic nitrogens is 2.